The zero-order chi connectivity index (χ0) is 41.0. The number of aromatic nitrogens is 2. The molecule has 1 heterocycles. The molecule has 0 bridgehead atoms. The summed E-state index contributed by atoms with van der Waals surface area (Å²) in [4.78, 5) is 9.35. The highest BCUT2D eigenvalue weighted by atomic mass is 14.8. The lowest BCUT2D eigenvalue weighted by molar-refractivity contribution is 0.819. The standard InChI is InChI=1S/C26H27N3.C10H12.C9H10.C3H8.2C2H6/c1-4-5-6-10-22-17(2)24-16-21(20-9-7-8-19(15-20)18(3)27)11-12-23(24)26-25(22)28-13-14-29-26;1-2-3-7-10-8-5-4-6-9-10;1-8(2)9-6-4-3-5-7-9;1-3-2;2*1-2/h5-9,11-16,18H,4,10,27H2,1-3H3;3-9H,2H2,1H3;3-7H,1H2,2H3;3H2,1-2H3;2*1-2H3/b6-5-;7-3-;;;;. The quantitative estimate of drug-likeness (QED) is 0.125. The number of fused-ring (bicyclic) bond motifs is 3. The molecular formula is C52H69N3. The van der Waals surface area contributed by atoms with E-state index < -0.39 is 0 Å². The van der Waals surface area contributed by atoms with E-state index in [0.29, 0.717) is 0 Å². The summed E-state index contributed by atoms with van der Waals surface area (Å²) < 4.78 is 0. The number of allylic oxidation sites excluding steroid dienone is 4. The van der Waals surface area contributed by atoms with E-state index in [1.165, 1.54) is 45.2 Å². The number of nitrogens with two attached hydrogens (primary N) is 1. The SMILES string of the molecule is C=C(C)c1ccccc1.CC.CC.CC/C=C\Cc1c(C)c2cc(-c3cccc(C(C)N)c3)ccc2c2nccnc12.CC/C=C\c1ccccc1.CCC. The van der Waals surface area contributed by atoms with Gasteiger partial charge in [-0.1, -0.05) is 189 Å². The van der Waals surface area contributed by atoms with Crippen LogP contribution in [0, 0.1) is 6.92 Å². The summed E-state index contributed by atoms with van der Waals surface area (Å²) in [5.41, 5.74) is 17.8. The fourth-order valence-corrected chi connectivity index (χ4v) is 5.50. The summed E-state index contributed by atoms with van der Waals surface area (Å²) in [6.07, 6.45) is 16.6. The van der Waals surface area contributed by atoms with Gasteiger partial charge in [0.05, 0.1) is 11.0 Å². The predicted molar refractivity (Wildman–Crippen MR) is 249 cm³/mol. The lowest BCUT2D eigenvalue weighted by Gasteiger charge is -2.14. The normalized spacial score (nSPS) is 10.7. The molecule has 1 unspecified atom stereocenters. The first kappa shape index (κ1) is 47.9. The molecule has 0 aliphatic rings. The van der Waals surface area contributed by atoms with Gasteiger partial charge in [0.15, 0.2) is 0 Å². The van der Waals surface area contributed by atoms with Crippen molar-refractivity contribution < 1.29 is 0 Å². The number of nitrogens with zero attached hydrogens (tertiary/aromatic N) is 2. The Hall–Kier alpha value is -5.12. The maximum absolute atomic E-state index is 6.09. The summed E-state index contributed by atoms with van der Waals surface area (Å²) >= 11 is 0. The van der Waals surface area contributed by atoms with Gasteiger partial charge in [-0.3, -0.25) is 9.97 Å². The Morgan fingerprint density at radius 1 is 0.673 bits per heavy atom. The van der Waals surface area contributed by atoms with E-state index in [-0.39, 0.29) is 6.04 Å². The molecule has 1 aromatic heterocycles. The molecule has 0 spiro atoms. The third-order valence-electron chi connectivity index (χ3n) is 8.20. The zero-order valence-electron chi connectivity index (χ0n) is 35.9. The second kappa shape index (κ2) is 28.3. The van der Waals surface area contributed by atoms with E-state index in [2.05, 4.69) is 154 Å². The van der Waals surface area contributed by atoms with Crippen LogP contribution in [-0.4, -0.2) is 9.97 Å². The van der Waals surface area contributed by atoms with Gasteiger partial charge < -0.3 is 5.73 Å². The van der Waals surface area contributed by atoms with Crippen molar-refractivity contribution in [1.82, 2.24) is 9.97 Å². The van der Waals surface area contributed by atoms with Crippen molar-refractivity contribution in [3.8, 4) is 11.1 Å². The van der Waals surface area contributed by atoms with Crippen molar-refractivity contribution in [2.24, 2.45) is 5.73 Å². The van der Waals surface area contributed by atoms with Gasteiger partial charge in [-0.25, -0.2) is 0 Å². The van der Waals surface area contributed by atoms with Gasteiger partial charge >= 0.3 is 0 Å². The van der Waals surface area contributed by atoms with E-state index >= 15 is 0 Å². The molecule has 0 aliphatic carbocycles. The molecule has 3 heteroatoms. The number of benzene rings is 5. The third-order valence-corrected chi connectivity index (χ3v) is 8.20. The Kier molecular flexibility index (Phi) is 24.7. The van der Waals surface area contributed by atoms with E-state index in [9.17, 15) is 0 Å². The van der Waals surface area contributed by atoms with Gasteiger partial charge in [0.1, 0.15) is 0 Å². The minimum absolute atomic E-state index is 0.0216. The largest absolute Gasteiger partial charge is 0.324 e. The molecule has 0 fully saturated rings. The lowest BCUT2D eigenvalue weighted by atomic mass is 9.92. The van der Waals surface area contributed by atoms with Crippen molar-refractivity contribution >= 4 is 33.5 Å². The predicted octanol–water partition coefficient (Wildman–Crippen LogP) is 15.6. The summed E-state index contributed by atoms with van der Waals surface area (Å²) in [6, 6.07) is 35.7. The van der Waals surface area contributed by atoms with Crippen LogP contribution in [0.25, 0.3) is 44.6 Å². The Morgan fingerprint density at radius 3 is 1.78 bits per heavy atom. The Morgan fingerprint density at radius 2 is 1.24 bits per heavy atom. The van der Waals surface area contributed by atoms with Gasteiger partial charge in [0, 0.05) is 23.8 Å². The molecule has 3 nitrogen and oxygen atoms in total. The van der Waals surface area contributed by atoms with Gasteiger partial charge in [0.25, 0.3) is 0 Å². The van der Waals surface area contributed by atoms with Crippen LogP contribution < -0.4 is 5.73 Å². The molecule has 0 saturated carbocycles. The summed E-state index contributed by atoms with van der Waals surface area (Å²) in [5, 5.41) is 2.39. The van der Waals surface area contributed by atoms with Gasteiger partial charge in [-0.15, -0.1) is 0 Å². The molecular weight excluding hydrogens is 667 g/mol. The van der Waals surface area contributed by atoms with E-state index in [1.54, 1.807) is 12.4 Å². The average molecular weight is 736 g/mol. The maximum Gasteiger partial charge on any atom is 0.0968 e. The number of hydrogen-bond donors (Lipinski definition) is 1. The van der Waals surface area contributed by atoms with Gasteiger partial charge in [-0.2, -0.15) is 0 Å². The van der Waals surface area contributed by atoms with Crippen molar-refractivity contribution in [2.75, 3.05) is 0 Å². The van der Waals surface area contributed by atoms with E-state index in [0.717, 1.165) is 46.8 Å². The second-order valence-corrected chi connectivity index (χ2v) is 12.7. The molecule has 0 aliphatic heterocycles. The Labute approximate surface area is 335 Å². The summed E-state index contributed by atoms with van der Waals surface area (Å²) in [6.45, 7) is 26.6. The fourth-order valence-electron chi connectivity index (χ4n) is 5.50. The molecule has 0 radical (unpaired) electrons. The molecule has 1 atom stereocenters. The van der Waals surface area contributed by atoms with Crippen molar-refractivity contribution in [3.63, 3.8) is 0 Å². The summed E-state index contributed by atoms with van der Waals surface area (Å²) in [5.74, 6) is 0. The number of hydrogen-bond acceptors (Lipinski definition) is 3. The van der Waals surface area contributed by atoms with Gasteiger partial charge in [0.2, 0.25) is 0 Å². The van der Waals surface area contributed by atoms with Gasteiger partial charge in [-0.05, 0) is 96.5 Å². The van der Waals surface area contributed by atoms with Crippen LogP contribution in [0.15, 0.2) is 140 Å². The van der Waals surface area contributed by atoms with Crippen molar-refractivity contribution in [3.05, 3.63) is 168 Å². The van der Waals surface area contributed by atoms with Crippen molar-refractivity contribution in [2.45, 2.75) is 108 Å². The average Bonchev–Trinajstić information content (AvgIpc) is 3.24. The van der Waals surface area contributed by atoms with Crippen LogP contribution in [0.3, 0.4) is 0 Å². The minimum atomic E-state index is 0.0216. The van der Waals surface area contributed by atoms with Crippen LogP contribution >= 0.6 is 0 Å². The van der Waals surface area contributed by atoms with Crippen LogP contribution in [0.5, 0.6) is 0 Å². The van der Waals surface area contributed by atoms with Crippen LogP contribution in [0.1, 0.15) is 122 Å². The molecule has 0 saturated heterocycles. The maximum atomic E-state index is 6.09. The van der Waals surface area contributed by atoms with E-state index in [1.807, 2.05) is 65.8 Å². The van der Waals surface area contributed by atoms with Crippen LogP contribution in [0.4, 0.5) is 0 Å². The van der Waals surface area contributed by atoms with Crippen molar-refractivity contribution in [1.29, 1.82) is 0 Å². The third kappa shape index (κ3) is 16.0. The molecule has 6 rings (SSSR count). The highest BCUT2D eigenvalue weighted by molar-refractivity contribution is 6.08. The lowest BCUT2D eigenvalue weighted by Crippen LogP contribution is -2.04. The Balaban J connectivity index is 0.000000474. The fraction of sp³-hybridized carbons (Fsp3) is 0.308. The molecule has 5 aromatic carbocycles. The highest BCUT2D eigenvalue weighted by Gasteiger charge is 2.14. The van der Waals surface area contributed by atoms with Crippen LogP contribution in [0.2, 0.25) is 0 Å². The molecule has 6 aromatic rings. The van der Waals surface area contributed by atoms with E-state index in [4.69, 9.17) is 5.73 Å². The first-order valence-electron chi connectivity index (χ1n) is 20.3. The molecule has 55 heavy (non-hydrogen) atoms. The van der Waals surface area contributed by atoms with Crippen LogP contribution in [-0.2, 0) is 6.42 Å². The highest BCUT2D eigenvalue weighted by Crippen LogP contribution is 2.34. The minimum Gasteiger partial charge on any atom is -0.324 e. The monoisotopic (exact) mass is 736 g/mol. The molecule has 292 valence electrons. The number of aryl methyl sites for hydroxylation is 1. The number of rotatable bonds is 8. The molecule has 2 N–H and O–H groups in total. The first-order valence-corrected chi connectivity index (χ1v) is 20.3. The summed E-state index contributed by atoms with van der Waals surface area (Å²) in [7, 11) is 0. The smallest absolute Gasteiger partial charge is 0.0968 e. The zero-order valence-corrected chi connectivity index (χ0v) is 35.9. The topological polar surface area (TPSA) is 51.8 Å². The second-order valence-electron chi connectivity index (χ2n) is 12.7. The molecule has 0 amide bonds. The first-order chi connectivity index (χ1) is 26.7. The Bertz CT molecular complexity index is 1990.